The first-order valence-electron chi connectivity index (χ1n) is 12.0. The fraction of sp³-hybridized carbons (Fsp3) is 0.429. The molecule has 180 valence electrons. The number of methoxy groups -OCH3 is 1. The van der Waals surface area contributed by atoms with Gasteiger partial charge < -0.3 is 14.8 Å². The molecular formula is C28H34N2O4. The molecule has 6 nitrogen and oxygen atoms in total. The summed E-state index contributed by atoms with van der Waals surface area (Å²) in [6.07, 6.45) is 4.42. The summed E-state index contributed by atoms with van der Waals surface area (Å²) in [5, 5.41) is 3.28. The second-order valence-corrected chi connectivity index (χ2v) is 9.43. The Balaban J connectivity index is 1.68. The fourth-order valence-corrected chi connectivity index (χ4v) is 5.87. The van der Waals surface area contributed by atoms with Gasteiger partial charge in [0.05, 0.1) is 6.10 Å². The van der Waals surface area contributed by atoms with E-state index in [2.05, 4.69) is 22.9 Å². The van der Waals surface area contributed by atoms with Crippen molar-refractivity contribution in [1.82, 2.24) is 10.2 Å². The number of amides is 1. The van der Waals surface area contributed by atoms with Crippen LogP contribution >= 0.6 is 0 Å². The van der Waals surface area contributed by atoms with E-state index < -0.39 is 0 Å². The molecule has 0 spiro atoms. The quantitative estimate of drug-likeness (QED) is 0.383. The molecule has 2 fully saturated rings. The smallest absolute Gasteiger partial charge is 0.308 e. The molecule has 0 bridgehead atoms. The minimum absolute atomic E-state index is 0.0141. The van der Waals surface area contributed by atoms with E-state index in [1.165, 1.54) is 6.92 Å². The number of benzene rings is 2. The summed E-state index contributed by atoms with van der Waals surface area (Å²) in [5.74, 6) is 0.393. The van der Waals surface area contributed by atoms with E-state index in [4.69, 9.17) is 9.47 Å². The van der Waals surface area contributed by atoms with E-state index in [0.717, 1.165) is 44.5 Å². The van der Waals surface area contributed by atoms with Crippen LogP contribution in [0.1, 0.15) is 42.1 Å². The summed E-state index contributed by atoms with van der Waals surface area (Å²) >= 11 is 0. The molecule has 2 aliphatic rings. The van der Waals surface area contributed by atoms with Crippen LogP contribution in [0.2, 0.25) is 0 Å². The average molecular weight is 463 g/mol. The molecule has 1 unspecified atom stereocenters. The van der Waals surface area contributed by atoms with Gasteiger partial charge in [0.15, 0.2) is 0 Å². The number of nitrogens with zero attached hydrogens (tertiary/aromatic N) is 1. The first-order valence-corrected chi connectivity index (χ1v) is 12.0. The van der Waals surface area contributed by atoms with Gasteiger partial charge in [0.25, 0.3) is 5.91 Å². The molecule has 1 amide bonds. The maximum Gasteiger partial charge on any atom is 0.308 e. The molecule has 1 saturated heterocycles. The third kappa shape index (κ3) is 5.08. The highest BCUT2D eigenvalue weighted by Gasteiger charge is 2.52. The second kappa shape index (κ2) is 10.5. The van der Waals surface area contributed by atoms with Gasteiger partial charge in [-0.3, -0.25) is 14.5 Å². The van der Waals surface area contributed by atoms with E-state index >= 15 is 0 Å². The number of esters is 1. The van der Waals surface area contributed by atoms with Gasteiger partial charge in [0.1, 0.15) is 5.75 Å². The summed E-state index contributed by atoms with van der Waals surface area (Å²) in [4.78, 5) is 27.0. The highest BCUT2D eigenvalue weighted by molar-refractivity contribution is 5.94. The lowest BCUT2D eigenvalue weighted by atomic mass is 9.57. The van der Waals surface area contributed by atoms with Gasteiger partial charge in [-0.25, -0.2) is 0 Å². The Morgan fingerprint density at radius 1 is 1.21 bits per heavy atom. The topological polar surface area (TPSA) is 67.9 Å². The predicted octanol–water partition coefficient (Wildman–Crippen LogP) is 3.97. The molecular weight excluding hydrogens is 428 g/mol. The third-order valence-electron chi connectivity index (χ3n) is 7.35. The highest BCUT2D eigenvalue weighted by Crippen LogP contribution is 2.50. The molecule has 1 heterocycles. The molecule has 4 atom stereocenters. The SMILES string of the molecule is C=CCN1CC[C@@]2(c3cccc(OC(C)=O)c3)C[C@@H](NC(=O)c3ccccc3)CC(OC)[C@@H]2C1. The molecule has 2 aromatic carbocycles. The minimum atomic E-state index is -0.335. The molecule has 34 heavy (non-hydrogen) atoms. The van der Waals surface area contributed by atoms with Crippen LogP contribution in [0.4, 0.5) is 0 Å². The molecule has 1 saturated carbocycles. The number of carbonyl (C=O) groups is 2. The number of carbonyl (C=O) groups excluding carboxylic acids is 2. The van der Waals surface area contributed by atoms with Crippen molar-refractivity contribution in [2.45, 2.75) is 43.7 Å². The fourth-order valence-electron chi connectivity index (χ4n) is 5.87. The summed E-state index contributed by atoms with van der Waals surface area (Å²) in [6, 6.07) is 17.2. The standard InChI is InChI=1S/C28H34N2O4/c1-4-14-30-15-13-28(22-11-8-12-24(16-22)34-20(2)31)18-23(17-26(33-3)25(28)19-30)29-27(32)21-9-6-5-7-10-21/h4-12,16,23,25-26H,1,13-15,17-19H2,2-3H3,(H,29,32)/t23-,25-,26?,28-/m0/s1. The molecule has 1 aliphatic carbocycles. The minimum Gasteiger partial charge on any atom is -0.427 e. The van der Waals surface area contributed by atoms with Gasteiger partial charge in [-0.05, 0) is 55.6 Å². The van der Waals surface area contributed by atoms with Crippen LogP contribution in [0, 0.1) is 5.92 Å². The Morgan fingerprint density at radius 3 is 2.71 bits per heavy atom. The maximum absolute atomic E-state index is 13.0. The van der Waals surface area contributed by atoms with E-state index in [-0.39, 0.29) is 35.4 Å². The van der Waals surface area contributed by atoms with Gasteiger partial charge >= 0.3 is 5.97 Å². The van der Waals surface area contributed by atoms with Crippen LogP contribution < -0.4 is 10.1 Å². The van der Waals surface area contributed by atoms with Gasteiger partial charge in [0.2, 0.25) is 0 Å². The first-order chi connectivity index (χ1) is 16.4. The highest BCUT2D eigenvalue weighted by atomic mass is 16.5. The van der Waals surface area contributed by atoms with Gasteiger partial charge in [0, 0.05) is 50.1 Å². The number of ether oxygens (including phenoxy) is 2. The van der Waals surface area contributed by atoms with Crippen molar-refractivity contribution < 1.29 is 19.1 Å². The van der Waals surface area contributed by atoms with E-state index in [9.17, 15) is 9.59 Å². The number of likely N-dealkylation sites (tertiary alicyclic amines) is 1. The van der Waals surface area contributed by atoms with Crippen molar-refractivity contribution in [2.75, 3.05) is 26.7 Å². The van der Waals surface area contributed by atoms with Gasteiger partial charge in [-0.1, -0.05) is 36.4 Å². The lowest BCUT2D eigenvalue weighted by Gasteiger charge is -2.55. The largest absolute Gasteiger partial charge is 0.427 e. The predicted molar refractivity (Wildman–Crippen MR) is 132 cm³/mol. The van der Waals surface area contributed by atoms with Crippen LogP contribution in [-0.4, -0.2) is 55.7 Å². The van der Waals surface area contributed by atoms with Crippen molar-refractivity contribution in [3.63, 3.8) is 0 Å². The zero-order valence-electron chi connectivity index (χ0n) is 20.0. The summed E-state index contributed by atoms with van der Waals surface area (Å²) < 4.78 is 11.5. The van der Waals surface area contributed by atoms with E-state index in [0.29, 0.717) is 11.3 Å². The summed E-state index contributed by atoms with van der Waals surface area (Å²) in [5.41, 5.74) is 1.59. The Kier molecular flexibility index (Phi) is 7.49. The molecule has 1 aliphatic heterocycles. The third-order valence-corrected chi connectivity index (χ3v) is 7.35. The Morgan fingerprint density at radius 2 is 2.00 bits per heavy atom. The Bertz CT molecular complexity index is 1020. The molecule has 2 aromatic rings. The van der Waals surface area contributed by atoms with Crippen LogP contribution in [0.5, 0.6) is 5.75 Å². The monoisotopic (exact) mass is 462 g/mol. The molecule has 4 rings (SSSR count). The maximum atomic E-state index is 13.0. The summed E-state index contributed by atoms with van der Waals surface area (Å²) in [6.45, 7) is 7.99. The average Bonchev–Trinajstić information content (AvgIpc) is 2.84. The zero-order chi connectivity index (χ0) is 24.1. The number of hydrogen-bond acceptors (Lipinski definition) is 5. The van der Waals surface area contributed by atoms with E-state index in [1.54, 1.807) is 7.11 Å². The van der Waals surface area contributed by atoms with Crippen molar-refractivity contribution in [3.8, 4) is 5.75 Å². The zero-order valence-corrected chi connectivity index (χ0v) is 20.0. The number of nitrogens with one attached hydrogen (secondary N) is 1. The number of rotatable bonds is 7. The van der Waals surface area contributed by atoms with Gasteiger partial charge in [-0.15, -0.1) is 6.58 Å². The Labute approximate surface area is 201 Å². The molecule has 0 radical (unpaired) electrons. The normalized spacial score (nSPS) is 26.8. The van der Waals surface area contributed by atoms with Crippen molar-refractivity contribution in [2.24, 2.45) is 5.92 Å². The number of piperidine rings is 1. The lowest BCUT2D eigenvalue weighted by molar-refractivity contribution is -0.131. The number of fused-ring (bicyclic) bond motifs is 1. The number of hydrogen-bond donors (Lipinski definition) is 1. The van der Waals surface area contributed by atoms with Gasteiger partial charge in [-0.2, -0.15) is 0 Å². The lowest BCUT2D eigenvalue weighted by Crippen LogP contribution is -2.61. The summed E-state index contributed by atoms with van der Waals surface area (Å²) in [7, 11) is 1.76. The van der Waals surface area contributed by atoms with Crippen LogP contribution in [0.15, 0.2) is 67.3 Å². The van der Waals surface area contributed by atoms with E-state index in [1.807, 2.05) is 54.6 Å². The van der Waals surface area contributed by atoms with Crippen LogP contribution in [0.3, 0.4) is 0 Å². The second-order valence-electron chi connectivity index (χ2n) is 9.43. The molecule has 1 N–H and O–H groups in total. The van der Waals surface area contributed by atoms with Crippen molar-refractivity contribution >= 4 is 11.9 Å². The first kappa shape index (κ1) is 24.2. The van der Waals surface area contributed by atoms with Crippen LogP contribution in [-0.2, 0) is 14.9 Å². The molecule has 6 heteroatoms. The Hall–Kier alpha value is -2.96. The van der Waals surface area contributed by atoms with Crippen molar-refractivity contribution in [1.29, 1.82) is 0 Å². The van der Waals surface area contributed by atoms with Crippen molar-refractivity contribution in [3.05, 3.63) is 78.4 Å². The molecule has 0 aromatic heterocycles. The van der Waals surface area contributed by atoms with Crippen LogP contribution in [0.25, 0.3) is 0 Å².